The molecule has 0 unspecified atom stereocenters. The summed E-state index contributed by atoms with van der Waals surface area (Å²) in [7, 11) is 3.19. The minimum Gasteiger partial charge on any atom is -0.493 e. The van der Waals surface area contributed by atoms with Gasteiger partial charge in [-0.15, -0.1) is 0 Å². The van der Waals surface area contributed by atoms with Crippen LogP contribution in [0.2, 0.25) is 0 Å². The van der Waals surface area contributed by atoms with Crippen molar-refractivity contribution in [2.45, 2.75) is 24.8 Å². The second kappa shape index (κ2) is 5.22. The number of hydrogen-bond acceptors (Lipinski definition) is 4. The Bertz CT molecular complexity index is 548. The van der Waals surface area contributed by atoms with Crippen LogP contribution in [0.5, 0.6) is 11.5 Å². The maximum atomic E-state index is 12.3. The highest BCUT2D eigenvalue weighted by Crippen LogP contribution is 2.43. The van der Waals surface area contributed by atoms with Gasteiger partial charge in [-0.25, -0.2) is 0 Å². The van der Waals surface area contributed by atoms with E-state index in [4.69, 9.17) is 15.2 Å². The molecule has 5 heteroatoms. The molecule has 21 heavy (non-hydrogen) atoms. The second-order valence-electron chi connectivity index (χ2n) is 6.12. The molecule has 1 amide bonds. The number of carbonyl (C=O) groups excluding carboxylic acids is 1. The van der Waals surface area contributed by atoms with Gasteiger partial charge < -0.3 is 20.1 Å². The molecule has 0 radical (unpaired) electrons. The van der Waals surface area contributed by atoms with E-state index in [9.17, 15) is 4.79 Å². The molecule has 1 saturated carbocycles. The van der Waals surface area contributed by atoms with Crippen molar-refractivity contribution in [3.63, 3.8) is 0 Å². The van der Waals surface area contributed by atoms with E-state index in [0.717, 1.165) is 5.56 Å². The predicted octanol–water partition coefficient (Wildman–Crippen LogP) is 1.20. The first-order valence-electron chi connectivity index (χ1n) is 7.33. The van der Waals surface area contributed by atoms with Crippen molar-refractivity contribution < 1.29 is 14.3 Å². The van der Waals surface area contributed by atoms with Gasteiger partial charge in [-0.2, -0.15) is 0 Å². The lowest BCUT2D eigenvalue weighted by Gasteiger charge is -2.48. The average molecular weight is 290 g/mol. The van der Waals surface area contributed by atoms with Crippen LogP contribution >= 0.6 is 0 Å². The van der Waals surface area contributed by atoms with Crippen LogP contribution < -0.4 is 15.2 Å². The Balaban J connectivity index is 1.60. The minimum atomic E-state index is -0.118. The lowest BCUT2D eigenvalue weighted by atomic mass is 9.85. The van der Waals surface area contributed by atoms with Crippen LogP contribution in [0.4, 0.5) is 0 Å². The van der Waals surface area contributed by atoms with E-state index >= 15 is 0 Å². The number of rotatable bonds is 5. The van der Waals surface area contributed by atoms with Gasteiger partial charge in [-0.3, -0.25) is 4.79 Å². The monoisotopic (exact) mass is 290 g/mol. The van der Waals surface area contributed by atoms with Crippen molar-refractivity contribution in [2.24, 2.45) is 11.7 Å². The number of carbonyl (C=O) groups is 1. The third-order valence-electron chi connectivity index (χ3n) is 4.52. The van der Waals surface area contributed by atoms with E-state index in [1.165, 1.54) is 12.8 Å². The van der Waals surface area contributed by atoms with Gasteiger partial charge in [0.1, 0.15) is 0 Å². The quantitative estimate of drug-likeness (QED) is 0.885. The molecule has 1 aromatic rings. The molecule has 3 rings (SSSR count). The Hall–Kier alpha value is -1.75. The first kappa shape index (κ1) is 14.2. The van der Waals surface area contributed by atoms with Gasteiger partial charge in [0.2, 0.25) is 5.91 Å². The highest BCUT2D eigenvalue weighted by atomic mass is 16.5. The number of methoxy groups -OCH3 is 2. The van der Waals surface area contributed by atoms with Gasteiger partial charge in [-0.05, 0) is 36.5 Å². The fraction of sp³-hybridized carbons (Fsp3) is 0.562. The van der Waals surface area contributed by atoms with E-state index in [0.29, 0.717) is 36.9 Å². The third-order valence-corrected chi connectivity index (χ3v) is 4.52. The SMILES string of the molecule is COc1ccc(CC(=O)N2CC(N)(C3CC3)C2)cc1OC. The Morgan fingerprint density at radius 2 is 1.95 bits per heavy atom. The van der Waals surface area contributed by atoms with Gasteiger partial charge in [0.15, 0.2) is 11.5 Å². The summed E-state index contributed by atoms with van der Waals surface area (Å²) in [6.07, 6.45) is 2.81. The van der Waals surface area contributed by atoms with Gasteiger partial charge in [0.25, 0.3) is 0 Å². The van der Waals surface area contributed by atoms with Crippen LogP contribution in [0, 0.1) is 5.92 Å². The normalized spacial score (nSPS) is 19.9. The molecule has 1 aliphatic carbocycles. The molecule has 5 nitrogen and oxygen atoms in total. The number of likely N-dealkylation sites (tertiary alicyclic amines) is 1. The van der Waals surface area contributed by atoms with Crippen LogP contribution in [0.25, 0.3) is 0 Å². The Labute approximate surface area is 125 Å². The van der Waals surface area contributed by atoms with E-state index in [-0.39, 0.29) is 11.4 Å². The van der Waals surface area contributed by atoms with Crippen molar-refractivity contribution >= 4 is 5.91 Å². The fourth-order valence-electron chi connectivity index (χ4n) is 3.03. The number of amides is 1. The molecule has 1 heterocycles. The molecule has 2 N–H and O–H groups in total. The van der Waals surface area contributed by atoms with E-state index in [1.807, 2.05) is 23.1 Å². The van der Waals surface area contributed by atoms with Crippen molar-refractivity contribution in [2.75, 3.05) is 27.3 Å². The first-order valence-corrected chi connectivity index (χ1v) is 7.33. The summed E-state index contributed by atoms with van der Waals surface area (Å²) in [5.74, 6) is 2.08. The summed E-state index contributed by atoms with van der Waals surface area (Å²) >= 11 is 0. The molecule has 0 aromatic heterocycles. The van der Waals surface area contributed by atoms with Crippen LogP contribution in [0.1, 0.15) is 18.4 Å². The van der Waals surface area contributed by atoms with Gasteiger partial charge >= 0.3 is 0 Å². The summed E-state index contributed by atoms with van der Waals surface area (Å²) in [5.41, 5.74) is 7.09. The molecule has 0 bridgehead atoms. The molecule has 0 spiro atoms. The van der Waals surface area contributed by atoms with Gasteiger partial charge in [-0.1, -0.05) is 6.07 Å². The lowest BCUT2D eigenvalue weighted by Crippen LogP contribution is -2.70. The number of hydrogen-bond donors (Lipinski definition) is 1. The van der Waals surface area contributed by atoms with E-state index in [2.05, 4.69) is 0 Å². The number of ether oxygens (including phenoxy) is 2. The summed E-state index contributed by atoms with van der Waals surface area (Å²) < 4.78 is 10.5. The van der Waals surface area contributed by atoms with Crippen molar-refractivity contribution in [1.29, 1.82) is 0 Å². The van der Waals surface area contributed by atoms with E-state index < -0.39 is 0 Å². The second-order valence-corrected chi connectivity index (χ2v) is 6.12. The molecule has 1 aromatic carbocycles. The zero-order valence-electron chi connectivity index (χ0n) is 12.6. The van der Waals surface area contributed by atoms with Crippen LogP contribution in [-0.2, 0) is 11.2 Å². The average Bonchev–Trinajstić information content (AvgIpc) is 3.28. The first-order chi connectivity index (χ1) is 10.1. The zero-order chi connectivity index (χ0) is 15.0. The summed E-state index contributed by atoms with van der Waals surface area (Å²) in [4.78, 5) is 14.1. The third kappa shape index (κ3) is 2.70. The molecule has 2 fully saturated rings. The van der Waals surface area contributed by atoms with Crippen molar-refractivity contribution in [3.8, 4) is 11.5 Å². The number of nitrogens with two attached hydrogens (primary N) is 1. The molecule has 1 aliphatic heterocycles. The topological polar surface area (TPSA) is 64.8 Å². The maximum absolute atomic E-state index is 12.3. The largest absolute Gasteiger partial charge is 0.493 e. The summed E-state index contributed by atoms with van der Waals surface area (Å²) in [6.45, 7) is 1.40. The molecular formula is C16H22N2O3. The van der Waals surface area contributed by atoms with Gasteiger partial charge in [0.05, 0.1) is 26.2 Å². The molecular weight excluding hydrogens is 268 g/mol. The fourth-order valence-corrected chi connectivity index (χ4v) is 3.03. The van der Waals surface area contributed by atoms with E-state index in [1.54, 1.807) is 14.2 Å². The van der Waals surface area contributed by atoms with Crippen LogP contribution in [0.15, 0.2) is 18.2 Å². The van der Waals surface area contributed by atoms with Gasteiger partial charge in [0, 0.05) is 13.1 Å². The number of nitrogens with zero attached hydrogens (tertiary/aromatic N) is 1. The standard InChI is InChI=1S/C16H22N2O3/c1-20-13-6-3-11(7-14(13)21-2)8-15(19)18-9-16(17,10-18)12-4-5-12/h3,6-7,12H,4-5,8-10,17H2,1-2H3. The predicted molar refractivity (Wildman–Crippen MR) is 79.5 cm³/mol. The maximum Gasteiger partial charge on any atom is 0.227 e. The lowest BCUT2D eigenvalue weighted by molar-refractivity contribution is -0.138. The Kier molecular flexibility index (Phi) is 3.53. The Morgan fingerprint density at radius 3 is 2.52 bits per heavy atom. The summed E-state index contributed by atoms with van der Waals surface area (Å²) in [6, 6.07) is 5.58. The Morgan fingerprint density at radius 1 is 1.29 bits per heavy atom. The number of benzene rings is 1. The highest BCUT2D eigenvalue weighted by molar-refractivity contribution is 5.80. The molecule has 114 valence electrons. The van der Waals surface area contributed by atoms with Crippen molar-refractivity contribution in [1.82, 2.24) is 4.90 Å². The zero-order valence-corrected chi connectivity index (χ0v) is 12.6. The van der Waals surface area contributed by atoms with Crippen molar-refractivity contribution in [3.05, 3.63) is 23.8 Å². The smallest absolute Gasteiger partial charge is 0.227 e. The summed E-state index contributed by atoms with van der Waals surface area (Å²) in [5, 5.41) is 0. The van der Waals surface area contributed by atoms with Crippen LogP contribution in [0.3, 0.4) is 0 Å². The minimum absolute atomic E-state index is 0.118. The highest BCUT2D eigenvalue weighted by Gasteiger charge is 2.51. The molecule has 2 aliphatic rings. The molecule has 0 atom stereocenters. The van der Waals surface area contributed by atoms with Crippen LogP contribution in [-0.4, -0.2) is 43.7 Å². The molecule has 1 saturated heterocycles.